The molecule has 8 heteroatoms. The van der Waals surface area contributed by atoms with Crippen molar-refractivity contribution in [1.29, 1.82) is 0 Å². The number of piperidine rings is 2. The number of aromatic nitrogens is 1. The van der Waals surface area contributed by atoms with Gasteiger partial charge in [-0.1, -0.05) is 0 Å². The minimum Gasteiger partial charge on any atom is -0.341 e. The molecule has 0 aromatic carbocycles. The molecule has 2 saturated heterocycles. The second kappa shape index (κ2) is 12.8. The molecule has 27 heavy (non-hydrogen) atoms. The Bertz CT molecular complexity index is 533. The first kappa shape index (κ1) is 26.4. The minimum absolute atomic E-state index is 0. The molecule has 2 aliphatic rings. The van der Waals surface area contributed by atoms with Crippen molar-refractivity contribution in [2.45, 2.75) is 38.1 Å². The van der Waals surface area contributed by atoms with E-state index in [0.717, 1.165) is 43.3 Å². The van der Waals surface area contributed by atoms with Gasteiger partial charge in [-0.2, -0.15) is 0 Å². The second-order valence-corrected chi connectivity index (χ2v) is 7.47. The average molecular weight is 440 g/mol. The lowest BCUT2D eigenvalue weighted by atomic mass is 9.79. The van der Waals surface area contributed by atoms with E-state index in [1.807, 2.05) is 17.0 Å². The second-order valence-electron chi connectivity index (χ2n) is 7.47. The number of halogens is 3. The summed E-state index contributed by atoms with van der Waals surface area (Å²) in [4.78, 5) is 21.0. The summed E-state index contributed by atoms with van der Waals surface area (Å²) in [6.45, 7) is 4.20. The van der Waals surface area contributed by atoms with Gasteiger partial charge in [-0.15, -0.1) is 37.2 Å². The van der Waals surface area contributed by atoms with E-state index in [1.165, 1.54) is 25.9 Å². The van der Waals surface area contributed by atoms with Crippen molar-refractivity contribution >= 4 is 43.1 Å². The Labute approximate surface area is 181 Å². The first-order valence-electron chi connectivity index (χ1n) is 9.25. The van der Waals surface area contributed by atoms with Crippen LogP contribution in [0.4, 0.5) is 0 Å². The summed E-state index contributed by atoms with van der Waals surface area (Å²) in [5.41, 5.74) is 7.23. The summed E-state index contributed by atoms with van der Waals surface area (Å²) in [5, 5.41) is 0. The Morgan fingerprint density at radius 1 is 1.04 bits per heavy atom. The van der Waals surface area contributed by atoms with Crippen molar-refractivity contribution in [3.8, 4) is 0 Å². The largest absolute Gasteiger partial charge is 0.341 e. The van der Waals surface area contributed by atoms with E-state index in [-0.39, 0.29) is 43.1 Å². The first-order chi connectivity index (χ1) is 11.6. The van der Waals surface area contributed by atoms with E-state index in [0.29, 0.717) is 6.42 Å². The van der Waals surface area contributed by atoms with Gasteiger partial charge in [0.1, 0.15) is 0 Å². The summed E-state index contributed by atoms with van der Waals surface area (Å²) < 4.78 is 0. The van der Waals surface area contributed by atoms with Crippen molar-refractivity contribution < 1.29 is 4.79 Å². The van der Waals surface area contributed by atoms with Crippen LogP contribution in [-0.2, 0) is 11.2 Å². The van der Waals surface area contributed by atoms with Gasteiger partial charge >= 0.3 is 0 Å². The van der Waals surface area contributed by atoms with Crippen LogP contribution in [0.25, 0.3) is 0 Å². The topological polar surface area (TPSA) is 62.5 Å². The molecule has 0 saturated carbocycles. The minimum atomic E-state index is -0.438. The molecule has 0 spiro atoms. The normalized spacial score (nSPS) is 20.0. The van der Waals surface area contributed by atoms with Gasteiger partial charge in [-0.05, 0) is 81.8 Å². The van der Waals surface area contributed by atoms with E-state index in [1.54, 1.807) is 12.4 Å². The van der Waals surface area contributed by atoms with Crippen molar-refractivity contribution in [3.63, 3.8) is 0 Å². The number of hydrogen-bond acceptors (Lipinski definition) is 4. The number of carbonyl (C=O) groups is 1. The van der Waals surface area contributed by atoms with Crippen LogP contribution in [0, 0.1) is 11.8 Å². The zero-order chi connectivity index (χ0) is 16.9. The number of rotatable bonds is 4. The highest BCUT2D eigenvalue weighted by atomic mass is 35.5. The lowest BCUT2D eigenvalue weighted by Gasteiger charge is -2.40. The number of likely N-dealkylation sites (tertiary alicyclic amines) is 2. The molecular formula is C19H33Cl3N4O. The Hall–Kier alpha value is -0.590. The van der Waals surface area contributed by atoms with Crippen LogP contribution in [0.15, 0.2) is 24.5 Å². The van der Waals surface area contributed by atoms with Gasteiger partial charge in [-0.3, -0.25) is 9.78 Å². The molecule has 1 amide bonds. The number of carbonyl (C=O) groups excluding carboxylic acids is 1. The fraction of sp³-hybridized carbons (Fsp3) is 0.684. The van der Waals surface area contributed by atoms with Crippen LogP contribution in [-0.4, -0.2) is 60.0 Å². The molecule has 5 nitrogen and oxygen atoms in total. The maximum atomic E-state index is 12.6. The predicted molar refractivity (Wildman–Crippen MR) is 117 cm³/mol. The number of nitrogens with zero attached hydrogens (tertiary/aromatic N) is 3. The highest BCUT2D eigenvalue weighted by Gasteiger charge is 2.31. The molecule has 2 aliphatic heterocycles. The molecule has 0 bridgehead atoms. The van der Waals surface area contributed by atoms with E-state index in [9.17, 15) is 4.79 Å². The molecule has 0 unspecified atom stereocenters. The van der Waals surface area contributed by atoms with Crippen LogP contribution >= 0.6 is 37.2 Å². The number of amides is 1. The van der Waals surface area contributed by atoms with Crippen molar-refractivity contribution in [2.75, 3.05) is 33.2 Å². The molecule has 3 heterocycles. The molecule has 1 aromatic rings. The maximum Gasteiger partial charge on any atom is 0.239 e. The standard InChI is InChI=1S/C19H30N4O.3ClH/c1-22-10-4-16(5-11-22)17-6-12-23(13-7-17)19(24)18(20)14-15-2-8-21-9-3-15;;;/h2-3,8-9,16-18H,4-7,10-14,20H2,1H3;3*1H/t18-;;;/m1.../s1. The number of pyridine rings is 1. The molecular weight excluding hydrogens is 407 g/mol. The van der Waals surface area contributed by atoms with E-state index in [2.05, 4.69) is 16.9 Å². The smallest absolute Gasteiger partial charge is 0.239 e. The van der Waals surface area contributed by atoms with Crippen molar-refractivity contribution in [1.82, 2.24) is 14.8 Å². The molecule has 2 fully saturated rings. The highest BCUT2D eigenvalue weighted by Crippen LogP contribution is 2.32. The monoisotopic (exact) mass is 438 g/mol. The van der Waals surface area contributed by atoms with Gasteiger partial charge in [0.05, 0.1) is 6.04 Å². The van der Waals surface area contributed by atoms with Crippen LogP contribution in [0.5, 0.6) is 0 Å². The number of nitrogens with two attached hydrogens (primary N) is 1. The summed E-state index contributed by atoms with van der Waals surface area (Å²) in [5.74, 6) is 1.75. The fourth-order valence-electron chi connectivity index (χ4n) is 4.19. The fourth-order valence-corrected chi connectivity index (χ4v) is 4.19. The summed E-state index contributed by atoms with van der Waals surface area (Å²) >= 11 is 0. The first-order valence-corrected chi connectivity index (χ1v) is 9.25. The molecule has 3 rings (SSSR count). The van der Waals surface area contributed by atoms with Crippen LogP contribution in [0.2, 0.25) is 0 Å². The summed E-state index contributed by atoms with van der Waals surface area (Å²) in [6, 6.07) is 3.42. The maximum absolute atomic E-state index is 12.6. The van der Waals surface area contributed by atoms with E-state index >= 15 is 0 Å². The molecule has 1 atom stereocenters. The van der Waals surface area contributed by atoms with Crippen molar-refractivity contribution in [2.24, 2.45) is 17.6 Å². The van der Waals surface area contributed by atoms with Gasteiger partial charge in [-0.25, -0.2) is 0 Å². The zero-order valence-electron chi connectivity index (χ0n) is 16.0. The van der Waals surface area contributed by atoms with Crippen LogP contribution in [0.1, 0.15) is 31.2 Å². The Morgan fingerprint density at radius 3 is 2.04 bits per heavy atom. The number of hydrogen-bond donors (Lipinski definition) is 1. The van der Waals surface area contributed by atoms with Gasteiger partial charge in [0.15, 0.2) is 0 Å². The van der Waals surface area contributed by atoms with Gasteiger partial charge in [0.25, 0.3) is 0 Å². The van der Waals surface area contributed by atoms with Crippen LogP contribution < -0.4 is 5.73 Å². The zero-order valence-corrected chi connectivity index (χ0v) is 18.4. The van der Waals surface area contributed by atoms with Gasteiger partial charge < -0.3 is 15.5 Å². The Balaban J connectivity index is 0.00000225. The molecule has 0 aliphatic carbocycles. The quantitative estimate of drug-likeness (QED) is 0.783. The lowest BCUT2D eigenvalue weighted by molar-refractivity contribution is -0.134. The Kier molecular flexibility index (Phi) is 12.5. The van der Waals surface area contributed by atoms with Gasteiger partial charge in [0, 0.05) is 25.5 Å². The highest BCUT2D eigenvalue weighted by molar-refractivity contribution is 5.86. The predicted octanol–water partition coefficient (Wildman–Crippen LogP) is 2.80. The Morgan fingerprint density at radius 2 is 1.52 bits per heavy atom. The van der Waals surface area contributed by atoms with Crippen molar-refractivity contribution in [3.05, 3.63) is 30.1 Å². The SMILES string of the molecule is CN1CCC(C2CCN(C(=O)[C@H](N)Cc3ccncc3)CC2)CC1.Cl.Cl.Cl. The lowest BCUT2D eigenvalue weighted by Crippen LogP contribution is -2.49. The molecule has 156 valence electrons. The van der Waals surface area contributed by atoms with Crippen LogP contribution in [0.3, 0.4) is 0 Å². The third-order valence-corrected chi connectivity index (χ3v) is 5.80. The molecule has 2 N–H and O–H groups in total. The average Bonchev–Trinajstić information content (AvgIpc) is 2.63. The third-order valence-electron chi connectivity index (χ3n) is 5.80. The third kappa shape index (κ3) is 7.39. The van der Waals surface area contributed by atoms with E-state index in [4.69, 9.17) is 5.73 Å². The van der Waals surface area contributed by atoms with Gasteiger partial charge in [0.2, 0.25) is 5.91 Å². The summed E-state index contributed by atoms with van der Waals surface area (Å²) in [7, 11) is 2.21. The summed E-state index contributed by atoms with van der Waals surface area (Å²) in [6.07, 6.45) is 9.01. The van der Waals surface area contributed by atoms with E-state index < -0.39 is 6.04 Å². The molecule has 0 radical (unpaired) electrons. The molecule has 1 aromatic heterocycles.